The van der Waals surface area contributed by atoms with Gasteiger partial charge in [0.2, 0.25) is 11.8 Å². The normalized spacial score (nSPS) is 10.6. The van der Waals surface area contributed by atoms with Crippen LogP contribution >= 0.6 is 11.3 Å². The molecule has 0 unspecified atom stereocenters. The van der Waals surface area contributed by atoms with Crippen molar-refractivity contribution < 1.29 is 19.1 Å². The number of ether oxygens (including phenoxy) is 1. The average Bonchev–Trinajstić information content (AvgIpc) is 3.28. The van der Waals surface area contributed by atoms with Gasteiger partial charge in [-0.2, -0.15) is 0 Å². The first kappa shape index (κ1) is 25.8. The van der Waals surface area contributed by atoms with Crippen LogP contribution in [0.2, 0.25) is 0 Å². The largest absolute Gasteiger partial charge is 0.497 e. The molecule has 184 valence electrons. The summed E-state index contributed by atoms with van der Waals surface area (Å²) < 4.78 is 5.14. The number of anilines is 1. The van der Waals surface area contributed by atoms with Crippen molar-refractivity contribution in [3.05, 3.63) is 71.0 Å². The predicted octanol–water partition coefficient (Wildman–Crippen LogP) is 3.14. The second-order valence-corrected chi connectivity index (χ2v) is 9.13. The van der Waals surface area contributed by atoms with Gasteiger partial charge in [0.25, 0.3) is 5.91 Å². The zero-order valence-electron chi connectivity index (χ0n) is 20.0. The number of rotatable bonds is 11. The maximum Gasteiger partial charge on any atom is 0.254 e. The number of hydrogen-bond donors (Lipinski definition) is 2. The van der Waals surface area contributed by atoms with Crippen molar-refractivity contribution in [3.63, 3.8) is 0 Å². The molecule has 0 spiro atoms. The zero-order chi connectivity index (χ0) is 25.2. The van der Waals surface area contributed by atoms with Crippen LogP contribution < -0.4 is 15.4 Å². The molecular formula is C25H29N5O4S. The molecule has 0 fully saturated rings. The summed E-state index contributed by atoms with van der Waals surface area (Å²) in [5.74, 6) is 0.0571. The molecule has 3 aromatic rings. The fourth-order valence-corrected chi connectivity index (χ4v) is 4.00. The van der Waals surface area contributed by atoms with E-state index < -0.39 is 0 Å². The minimum atomic E-state index is -0.354. The molecule has 3 amide bonds. The molecule has 0 radical (unpaired) electrons. The van der Waals surface area contributed by atoms with Gasteiger partial charge in [0.1, 0.15) is 12.3 Å². The second kappa shape index (κ2) is 12.6. The van der Waals surface area contributed by atoms with Crippen LogP contribution in [0.3, 0.4) is 0 Å². The SMILES string of the molecule is COc1ccc(C(=O)N(CC(=O)Nc2nc(CC(=O)NCc3ccccn3)cs2)CC(C)C)cc1. The number of thiazole rings is 1. The van der Waals surface area contributed by atoms with Crippen molar-refractivity contribution in [1.29, 1.82) is 0 Å². The number of methoxy groups -OCH3 is 1. The van der Waals surface area contributed by atoms with Crippen LogP contribution in [0.1, 0.15) is 35.6 Å². The molecule has 3 rings (SSSR count). The van der Waals surface area contributed by atoms with Crippen LogP contribution in [0.5, 0.6) is 5.75 Å². The molecule has 2 aromatic heterocycles. The van der Waals surface area contributed by atoms with Crippen molar-refractivity contribution in [2.75, 3.05) is 25.5 Å². The number of nitrogens with zero attached hydrogens (tertiary/aromatic N) is 3. The highest BCUT2D eigenvalue weighted by atomic mass is 32.1. The van der Waals surface area contributed by atoms with Crippen molar-refractivity contribution in [3.8, 4) is 5.75 Å². The van der Waals surface area contributed by atoms with E-state index in [0.717, 1.165) is 5.69 Å². The number of amides is 3. The van der Waals surface area contributed by atoms with Crippen molar-refractivity contribution >= 4 is 34.2 Å². The van der Waals surface area contributed by atoms with Crippen LogP contribution in [0.4, 0.5) is 5.13 Å². The van der Waals surface area contributed by atoms with Crippen LogP contribution in [0, 0.1) is 5.92 Å². The molecule has 0 bridgehead atoms. The number of carbonyl (C=O) groups excluding carboxylic acids is 3. The smallest absolute Gasteiger partial charge is 0.254 e. The molecule has 0 aliphatic carbocycles. The van der Waals surface area contributed by atoms with Crippen LogP contribution in [0.25, 0.3) is 0 Å². The predicted molar refractivity (Wildman–Crippen MR) is 134 cm³/mol. The Morgan fingerprint density at radius 1 is 1.06 bits per heavy atom. The summed E-state index contributed by atoms with van der Waals surface area (Å²) in [7, 11) is 1.56. The van der Waals surface area contributed by atoms with E-state index in [0.29, 0.717) is 35.2 Å². The average molecular weight is 496 g/mol. The second-order valence-electron chi connectivity index (χ2n) is 8.27. The summed E-state index contributed by atoms with van der Waals surface area (Å²) in [5.41, 5.74) is 1.80. The Morgan fingerprint density at radius 2 is 1.83 bits per heavy atom. The van der Waals surface area contributed by atoms with E-state index in [1.54, 1.807) is 43.0 Å². The van der Waals surface area contributed by atoms with Gasteiger partial charge in [-0.15, -0.1) is 11.3 Å². The maximum atomic E-state index is 13.0. The molecule has 0 atom stereocenters. The van der Waals surface area contributed by atoms with Gasteiger partial charge in [-0.25, -0.2) is 4.98 Å². The van der Waals surface area contributed by atoms with Gasteiger partial charge in [-0.1, -0.05) is 19.9 Å². The van der Waals surface area contributed by atoms with Crippen LogP contribution in [0.15, 0.2) is 54.0 Å². The molecular weight excluding hydrogens is 466 g/mol. The number of hydrogen-bond acceptors (Lipinski definition) is 7. The number of nitrogens with one attached hydrogen (secondary N) is 2. The van der Waals surface area contributed by atoms with E-state index in [2.05, 4.69) is 20.6 Å². The summed E-state index contributed by atoms with van der Waals surface area (Å²) in [5, 5.41) is 7.64. The summed E-state index contributed by atoms with van der Waals surface area (Å²) >= 11 is 1.23. The summed E-state index contributed by atoms with van der Waals surface area (Å²) in [4.78, 5) is 47.9. The third kappa shape index (κ3) is 8.18. The lowest BCUT2D eigenvalue weighted by molar-refractivity contribution is -0.120. The quantitative estimate of drug-likeness (QED) is 0.423. The fraction of sp³-hybridized carbons (Fsp3) is 0.320. The minimum absolute atomic E-state index is 0.0919. The Hall–Kier alpha value is -3.79. The molecule has 2 heterocycles. The Kier molecular flexibility index (Phi) is 9.31. The van der Waals surface area contributed by atoms with Gasteiger partial charge in [-0.05, 0) is 42.3 Å². The molecule has 35 heavy (non-hydrogen) atoms. The number of benzene rings is 1. The van der Waals surface area contributed by atoms with Gasteiger partial charge >= 0.3 is 0 Å². The van der Waals surface area contributed by atoms with E-state index in [9.17, 15) is 14.4 Å². The van der Waals surface area contributed by atoms with Gasteiger partial charge in [0.15, 0.2) is 5.13 Å². The van der Waals surface area contributed by atoms with Crippen LogP contribution in [-0.2, 0) is 22.6 Å². The highest BCUT2D eigenvalue weighted by molar-refractivity contribution is 7.13. The van der Waals surface area contributed by atoms with Gasteiger partial charge in [0.05, 0.1) is 31.5 Å². The van der Waals surface area contributed by atoms with Gasteiger partial charge < -0.3 is 20.3 Å². The van der Waals surface area contributed by atoms with E-state index in [-0.39, 0.29) is 36.6 Å². The third-order valence-corrected chi connectivity index (χ3v) is 5.68. The Balaban J connectivity index is 1.54. The van der Waals surface area contributed by atoms with Gasteiger partial charge in [-0.3, -0.25) is 19.4 Å². The van der Waals surface area contributed by atoms with Crippen molar-refractivity contribution in [2.24, 2.45) is 5.92 Å². The molecule has 0 saturated carbocycles. The molecule has 1 aromatic carbocycles. The number of pyridine rings is 1. The van der Waals surface area contributed by atoms with E-state index in [1.807, 2.05) is 32.0 Å². The van der Waals surface area contributed by atoms with E-state index >= 15 is 0 Å². The first-order valence-corrected chi connectivity index (χ1v) is 12.1. The van der Waals surface area contributed by atoms with Crippen LogP contribution in [-0.4, -0.2) is 52.8 Å². The summed E-state index contributed by atoms with van der Waals surface area (Å²) in [6, 6.07) is 12.3. The molecule has 0 aliphatic heterocycles. The highest BCUT2D eigenvalue weighted by Gasteiger charge is 2.21. The Bertz CT molecular complexity index is 1130. The minimum Gasteiger partial charge on any atom is -0.497 e. The monoisotopic (exact) mass is 495 g/mol. The number of aromatic nitrogens is 2. The third-order valence-electron chi connectivity index (χ3n) is 4.88. The standard InChI is InChI=1S/C25H29N5O4S/c1-17(2)14-30(24(33)18-7-9-21(34-3)10-8-18)15-23(32)29-25-28-20(16-35-25)12-22(31)27-13-19-6-4-5-11-26-19/h4-11,16-17H,12-15H2,1-3H3,(H,27,31)(H,28,29,32). The zero-order valence-corrected chi connectivity index (χ0v) is 20.8. The molecule has 10 heteroatoms. The molecule has 2 N–H and O–H groups in total. The molecule has 0 saturated heterocycles. The first-order valence-electron chi connectivity index (χ1n) is 11.2. The molecule has 9 nitrogen and oxygen atoms in total. The fourth-order valence-electron chi connectivity index (χ4n) is 3.27. The number of carbonyl (C=O) groups is 3. The lowest BCUT2D eigenvalue weighted by Crippen LogP contribution is -2.40. The van der Waals surface area contributed by atoms with E-state index in [4.69, 9.17) is 4.74 Å². The van der Waals surface area contributed by atoms with Crippen molar-refractivity contribution in [1.82, 2.24) is 20.2 Å². The lowest BCUT2D eigenvalue weighted by atomic mass is 10.1. The Morgan fingerprint density at radius 3 is 2.49 bits per heavy atom. The topological polar surface area (TPSA) is 114 Å². The molecule has 0 aliphatic rings. The van der Waals surface area contributed by atoms with Crippen molar-refractivity contribution in [2.45, 2.75) is 26.8 Å². The first-order chi connectivity index (χ1) is 16.8. The summed E-state index contributed by atoms with van der Waals surface area (Å²) in [6.45, 7) is 4.62. The van der Waals surface area contributed by atoms with E-state index in [1.165, 1.54) is 16.2 Å². The maximum absolute atomic E-state index is 13.0. The lowest BCUT2D eigenvalue weighted by Gasteiger charge is -2.24. The summed E-state index contributed by atoms with van der Waals surface area (Å²) in [6.07, 6.45) is 1.76. The Labute approximate surface area is 208 Å². The highest BCUT2D eigenvalue weighted by Crippen LogP contribution is 2.17. The van der Waals surface area contributed by atoms with Gasteiger partial charge in [0, 0.05) is 23.7 Å².